The molecule has 12 heavy (non-hydrogen) atoms. The molecular weight excluding hydrogens is 196 g/mol. The number of rotatable bonds is 5. The highest BCUT2D eigenvalue weighted by Crippen LogP contribution is 2.14. The van der Waals surface area contributed by atoms with Crippen LogP contribution in [0, 0.1) is 0 Å². The smallest absolute Gasteiger partial charge is 0.186 e. The molecule has 0 rings (SSSR count). The van der Waals surface area contributed by atoms with Gasteiger partial charge in [0.15, 0.2) is 5.12 Å². The SMILES string of the molecule is CC(=O)S[C@@H](CCl)COC(C)C. The van der Waals surface area contributed by atoms with Crippen LogP contribution in [0.4, 0.5) is 0 Å². The Morgan fingerprint density at radius 2 is 2.17 bits per heavy atom. The predicted octanol–water partition coefficient (Wildman–Crippen LogP) is 2.30. The minimum atomic E-state index is 0.0894. The normalized spacial score (nSPS) is 13.4. The van der Waals surface area contributed by atoms with Gasteiger partial charge in [0.2, 0.25) is 0 Å². The molecular formula is C8H15ClO2S. The molecule has 0 unspecified atom stereocenters. The van der Waals surface area contributed by atoms with E-state index < -0.39 is 0 Å². The lowest BCUT2D eigenvalue weighted by molar-refractivity contribution is -0.109. The van der Waals surface area contributed by atoms with Crippen LogP contribution in [0.5, 0.6) is 0 Å². The largest absolute Gasteiger partial charge is 0.378 e. The monoisotopic (exact) mass is 210 g/mol. The van der Waals surface area contributed by atoms with Gasteiger partial charge in [-0.1, -0.05) is 11.8 Å². The Morgan fingerprint density at radius 1 is 1.58 bits per heavy atom. The Kier molecular flexibility index (Phi) is 6.90. The van der Waals surface area contributed by atoms with E-state index in [4.69, 9.17) is 16.3 Å². The van der Waals surface area contributed by atoms with Crippen LogP contribution in [0.1, 0.15) is 20.8 Å². The minimum absolute atomic E-state index is 0.0894. The molecule has 0 spiro atoms. The Morgan fingerprint density at radius 3 is 2.50 bits per heavy atom. The van der Waals surface area contributed by atoms with Gasteiger partial charge < -0.3 is 4.74 Å². The van der Waals surface area contributed by atoms with Crippen molar-refractivity contribution in [3.05, 3.63) is 0 Å². The Bertz CT molecular complexity index is 139. The molecule has 0 saturated heterocycles. The third kappa shape index (κ3) is 6.95. The summed E-state index contributed by atoms with van der Waals surface area (Å²) in [6.45, 7) is 6.01. The highest BCUT2D eigenvalue weighted by molar-refractivity contribution is 8.14. The molecule has 0 saturated carbocycles. The zero-order valence-corrected chi connectivity index (χ0v) is 9.24. The summed E-state index contributed by atoms with van der Waals surface area (Å²) in [4.78, 5) is 10.7. The number of ether oxygens (including phenoxy) is 1. The first-order valence-corrected chi connectivity index (χ1v) is 5.32. The average molecular weight is 211 g/mol. The van der Waals surface area contributed by atoms with Crippen LogP contribution in [0.15, 0.2) is 0 Å². The van der Waals surface area contributed by atoms with Gasteiger partial charge in [0.05, 0.1) is 12.7 Å². The van der Waals surface area contributed by atoms with E-state index in [0.29, 0.717) is 12.5 Å². The standard InChI is InChI=1S/C8H15ClO2S/c1-6(2)11-5-8(4-9)12-7(3)10/h6,8H,4-5H2,1-3H3/t8-/m0/s1. The van der Waals surface area contributed by atoms with Gasteiger partial charge in [0.25, 0.3) is 0 Å². The van der Waals surface area contributed by atoms with Crippen LogP contribution in [-0.4, -0.2) is 29.0 Å². The molecule has 0 aromatic rings. The average Bonchev–Trinajstić information content (AvgIpc) is 1.97. The molecule has 0 fully saturated rings. The number of carbonyl (C=O) groups excluding carboxylic acids is 1. The molecule has 0 heterocycles. The summed E-state index contributed by atoms with van der Waals surface area (Å²) in [5.74, 6) is 0.455. The fourth-order valence-electron chi connectivity index (χ4n) is 0.645. The number of hydrogen-bond acceptors (Lipinski definition) is 3. The van der Waals surface area contributed by atoms with Crippen molar-refractivity contribution in [1.82, 2.24) is 0 Å². The van der Waals surface area contributed by atoms with E-state index in [-0.39, 0.29) is 16.5 Å². The second kappa shape index (κ2) is 6.75. The van der Waals surface area contributed by atoms with Crippen LogP contribution in [0.25, 0.3) is 0 Å². The number of carbonyl (C=O) groups is 1. The van der Waals surface area contributed by atoms with Crippen molar-refractivity contribution in [3.8, 4) is 0 Å². The topological polar surface area (TPSA) is 26.3 Å². The highest BCUT2D eigenvalue weighted by atomic mass is 35.5. The fraction of sp³-hybridized carbons (Fsp3) is 0.875. The Hall–Kier alpha value is 0.270. The first kappa shape index (κ1) is 12.3. The van der Waals surface area contributed by atoms with Crippen molar-refractivity contribution in [2.24, 2.45) is 0 Å². The fourth-order valence-corrected chi connectivity index (χ4v) is 1.60. The lowest BCUT2D eigenvalue weighted by Crippen LogP contribution is -2.18. The first-order chi connectivity index (χ1) is 5.56. The van der Waals surface area contributed by atoms with E-state index in [9.17, 15) is 4.79 Å². The molecule has 0 amide bonds. The maximum atomic E-state index is 10.7. The molecule has 1 atom stereocenters. The van der Waals surface area contributed by atoms with Gasteiger partial charge in [-0.25, -0.2) is 0 Å². The van der Waals surface area contributed by atoms with Gasteiger partial charge in [-0.15, -0.1) is 11.6 Å². The maximum absolute atomic E-state index is 10.7. The summed E-state index contributed by atoms with van der Waals surface area (Å²) in [6, 6.07) is 0. The summed E-state index contributed by atoms with van der Waals surface area (Å²) in [5.41, 5.74) is 0. The van der Waals surface area contributed by atoms with Gasteiger partial charge in [0, 0.05) is 18.1 Å². The molecule has 0 radical (unpaired) electrons. The predicted molar refractivity (Wildman–Crippen MR) is 53.9 cm³/mol. The molecule has 0 aromatic heterocycles. The second-order valence-electron chi connectivity index (χ2n) is 2.77. The van der Waals surface area contributed by atoms with Crippen molar-refractivity contribution in [2.75, 3.05) is 12.5 Å². The second-order valence-corrected chi connectivity index (χ2v) is 4.55. The molecule has 0 N–H and O–H groups in total. The van der Waals surface area contributed by atoms with E-state index >= 15 is 0 Å². The van der Waals surface area contributed by atoms with Gasteiger partial charge in [0.1, 0.15) is 0 Å². The summed E-state index contributed by atoms with van der Waals surface area (Å²) in [5, 5.41) is 0.180. The minimum Gasteiger partial charge on any atom is -0.378 e. The van der Waals surface area contributed by atoms with Gasteiger partial charge in [-0.2, -0.15) is 0 Å². The van der Waals surface area contributed by atoms with Crippen LogP contribution < -0.4 is 0 Å². The third-order valence-electron chi connectivity index (χ3n) is 1.12. The molecule has 2 nitrogen and oxygen atoms in total. The number of alkyl halides is 1. The first-order valence-electron chi connectivity index (χ1n) is 3.91. The van der Waals surface area contributed by atoms with Crippen molar-refractivity contribution in [3.63, 3.8) is 0 Å². The maximum Gasteiger partial charge on any atom is 0.186 e. The van der Waals surface area contributed by atoms with Gasteiger partial charge >= 0.3 is 0 Å². The van der Waals surface area contributed by atoms with Gasteiger partial charge in [-0.3, -0.25) is 4.79 Å². The van der Waals surface area contributed by atoms with Crippen molar-refractivity contribution in [2.45, 2.75) is 32.1 Å². The lowest BCUT2D eigenvalue weighted by atomic mass is 10.4. The molecule has 0 bridgehead atoms. The number of hydrogen-bond donors (Lipinski definition) is 0. The van der Waals surface area contributed by atoms with Crippen molar-refractivity contribution < 1.29 is 9.53 Å². The lowest BCUT2D eigenvalue weighted by Gasteiger charge is -2.13. The van der Waals surface area contributed by atoms with Crippen molar-refractivity contribution in [1.29, 1.82) is 0 Å². The van der Waals surface area contributed by atoms with E-state index in [2.05, 4.69) is 0 Å². The molecule has 72 valence electrons. The molecule has 4 heteroatoms. The molecule has 0 aromatic carbocycles. The van der Waals surface area contributed by atoms with Gasteiger partial charge in [-0.05, 0) is 13.8 Å². The van der Waals surface area contributed by atoms with Crippen molar-refractivity contribution >= 4 is 28.5 Å². The summed E-state index contributed by atoms with van der Waals surface area (Å²) < 4.78 is 5.34. The zero-order chi connectivity index (χ0) is 9.56. The summed E-state index contributed by atoms with van der Waals surface area (Å²) >= 11 is 6.89. The number of halogens is 1. The van der Waals surface area contributed by atoms with Crippen LogP contribution in [0.3, 0.4) is 0 Å². The van der Waals surface area contributed by atoms with E-state index in [1.54, 1.807) is 6.92 Å². The Labute approximate surface area is 83.0 Å². The van der Waals surface area contributed by atoms with Crippen LogP contribution in [0.2, 0.25) is 0 Å². The number of thioether (sulfide) groups is 1. The highest BCUT2D eigenvalue weighted by Gasteiger charge is 2.11. The third-order valence-corrected chi connectivity index (χ3v) is 2.64. The quantitative estimate of drug-likeness (QED) is 0.652. The van der Waals surface area contributed by atoms with E-state index in [1.807, 2.05) is 13.8 Å². The molecule has 0 aliphatic carbocycles. The summed E-state index contributed by atoms with van der Waals surface area (Å²) in [6.07, 6.45) is 0.197. The van der Waals surface area contributed by atoms with E-state index in [1.165, 1.54) is 11.8 Å². The molecule has 0 aliphatic heterocycles. The van der Waals surface area contributed by atoms with Crippen LogP contribution in [-0.2, 0) is 9.53 Å². The Balaban J connectivity index is 3.60. The van der Waals surface area contributed by atoms with Crippen LogP contribution >= 0.6 is 23.4 Å². The zero-order valence-electron chi connectivity index (χ0n) is 7.67. The van der Waals surface area contributed by atoms with E-state index in [0.717, 1.165) is 0 Å². The summed E-state index contributed by atoms with van der Waals surface area (Å²) in [7, 11) is 0. The molecule has 0 aliphatic rings.